The number of pyridine rings is 1. The lowest BCUT2D eigenvalue weighted by atomic mass is 9.94. The molecule has 31 heavy (non-hydrogen) atoms. The summed E-state index contributed by atoms with van der Waals surface area (Å²) in [7, 11) is 0. The number of nitrogens with zero attached hydrogens (tertiary/aromatic N) is 4. The minimum Gasteiger partial charge on any atom is -0.321 e. The van der Waals surface area contributed by atoms with Crippen molar-refractivity contribution in [3.8, 4) is 10.8 Å². The third-order valence-corrected chi connectivity index (χ3v) is 6.71. The van der Waals surface area contributed by atoms with Gasteiger partial charge >= 0.3 is 6.18 Å². The van der Waals surface area contributed by atoms with E-state index in [1.165, 1.54) is 11.3 Å². The number of aryl methyl sites for hydroxylation is 2. The number of alkyl halides is 3. The first kappa shape index (κ1) is 20.4. The van der Waals surface area contributed by atoms with E-state index in [9.17, 15) is 13.2 Å². The van der Waals surface area contributed by atoms with Gasteiger partial charge in [0.05, 0.1) is 11.0 Å². The number of rotatable bonds is 4. The van der Waals surface area contributed by atoms with Gasteiger partial charge in [-0.3, -0.25) is 0 Å². The fraction of sp³-hybridized carbons (Fsp3) is 0.409. The first-order valence-corrected chi connectivity index (χ1v) is 11.3. The van der Waals surface area contributed by atoms with Gasteiger partial charge in [0.15, 0.2) is 16.5 Å². The van der Waals surface area contributed by atoms with Crippen LogP contribution in [0.5, 0.6) is 0 Å². The number of thiazole rings is 1. The minimum atomic E-state index is -4.59. The molecule has 1 fully saturated rings. The standard InChI is InChI=1S/C22H22F3N5S/c1-13-2-3-15-16(12-13)28-19(22(23,24)25)17-18(15)30(10-6-14-4-7-26-8-5-14)20(29-17)21-27-9-11-31-21/h2-3,9,11-12,14,26H,4-8,10H2,1H3. The maximum absolute atomic E-state index is 14.0. The van der Waals surface area contributed by atoms with E-state index in [0.717, 1.165) is 37.9 Å². The van der Waals surface area contributed by atoms with Gasteiger partial charge in [-0.05, 0) is 56.8 Å². The normalized spacial score (nSPS) is 15.9. The molecule has 0 aliphatic carbocycles. The summed E-state index contributed by atoms with van der Waals surface area (Å²) in [5.41, 5.74) is 0.678. The second kappa shape index (κ2) is 7.87. The van der Waals surface area contributed by atoms with Gasteiger partial charge in [-0.15, -0.1) is 11.3 Å². The second-order valence-corrected chi connectivity index (χ2v) is 8.98. The number of benzene rings is 1. The molecule has 1 aliphatic heterocycles. The van der Waals surface area contributed by atoms with Crippen LogP contribution in [-0.2, 0) is 12.7 Å². The highest BCUT2D eigenvalue weighted by Gasteiger charge is 2.38. The van der Waals surface area contributed by atoms with Crippen LogP contribution in [0, 0.1) is 12.8 Å². The summed E-state index contributed by atoms with van der Waals surface area (Å²) < 4.78 is 43.9. The van der Waals surface area contributed by atoms with Gasteiger partial charge in [0, 0.05) is 23.5 Å². The lowest BCUT2D eigenvalue weighted by molar-refractivity contribution is -0.139. The molecule has 1 N–H and O–H groups in total. The van der Waals surface area contributed by atoms with Crippen molar-refractivity contribution in [2.75, 3.05) is 13.1 Å². The average Bonchev–Trinajstić information content (AvgIpc) is 3.39. The monoisotopic (exact) mass is 445 g/mol. The van der Waals surface area contributed by atoms with Gasteiger partial charge in [-0.2, -0.15) is 13.2 Å². The third-order valence-electron chi connectivity index (χ3n) is 5.94. The Labute approximate surface area is 181 Å². The van der Waals surface area contributed by atoms with Gasteiger partial charge in [0.1, 0.15) is 5.52 Å². The van der Waals surface area contributed by atoms with Crippen LogP contribution >= 0.6 is 11.3 Å². The highest BCUT2D eigenvalue weighted by atomic mass is 32.1. The molecule has 1 saturated heterocycles. The zero-order valence-corrected chi connectivity index (χ0v) is 17.9. The molecule has 0 spiro atoms. The van der Waals surface area contributed by atoms with Crippen molar-refractivity contribution in [1.82, 2.24) is 24.8 Å². The van der Waals surface area contributed by atoms with Crippen molar-refractivity contribution in [1.29, 1.82) is 0 Å². The number of piperidine rings is 1. The predicted molar refractivity (Wildman–Crippen MR) is 116 cm³/mol. The molecule has 5 nitrogen and oxygen atoms in total. The van der Waals surface area contributed by atoms with Gasteiger partial charge in [0.25, 0.3) is 0 Å². The molecule has 0 saturated carbocycles. The Balaban J connectivity index is 1.75. The van der Waals surface area contributed by atoms with Crippen molar-refractivity contribution < 1.29 is 13.2 Å². The van der Waals surface area contributed by atoms with E-state index >= 15 is 0 Å². The summed E-state index contributed by atoms with van der Waals surface area (Å²) in [5.74, 6) is 1.03. The fourth-order valence-electron chi connectivity index (χ4n) is 4.39. The zero-order valence-electron chi connectivity index (χ0n) is 17.0. The van der Waals surface area contributed by atoms with Crippen molar-refractivity contribution in [2.24, 2.45) is 5.92 Å². The Morgan fingerprint density at radius 1 is 1.19 bits per heavy atom. The summed E-state index contributed by atoms with van der Waals surface area (Å²) in [6.07, 6.45) is 0.108. The van der Waals surface area contributed by atoms with Crippen LogP contribution in [0.25, 0.3) is 32.8 Å². The maximum atomic E-state index is 14.0. The number of imidazole rings is 1. The van der Waals surface area contributed by atoms with Crippen LogP contribution in [0.4, 0.5) is 13.2 Å². The SMILES string of the molecule is Cc1ccc2c(c1)nc(C(F)(F)F)c1nc(-c3nccs3)n(CCC3CCNCC3)c12. The number of halogens is 3. The lowest BCUT2D eigenvalue weighted by Crippen LogP contribution is -2.28. The smallest absolute Gasteiger partial charge is 0.321 e. The summed E-state index contributed by atoms with van der Waals surface area (Å²) in [6, 6.07) is 5.47. The summed E-state index contributed by atoms with van der Waals surface area (Å²) in [6.45, 7) is 4.42. The first-order valence-electron chi connectivity index (χ1n) is 10.4. The van der Waals surface area contributed by atoms with E-state index in [2.05, 4.69) is 20.3 Å². The van der Waals surface area contributed by atoms with Gasteiger partial charge in [-0.25, -0.2) is 15.0 Å². The Bertz CT molecular complexity index is 1220. The number of hydrogen-bond acceptors (Lipinski definition) is 5. The Morgan fingerprint density at radius 3 is 2.71 bits per heavy atom. The average molecular weight is 446 g/mol. The van der Waals surface area contributed by atoms with Crippen LogP contribution in [0.2, 0.25) is 0 Å². The molecule has 5 rings (SSSR count). The zero-order chi connectivity index (χ0) is 21.6. The van der Waals surface area contributed by atoms with E-state index in [-0.39, 0.29) is 5.52 Å². The van der Waals surface area contributed by atoms with E-state index in [1.807, 2.05) is 29.0 Å². The number of fused-ring (bicyclic) bond motifs is 3. The molecule has 1 aromatic carbocycles. The maximum Gasteiger partial charge on any atom is 0.435 e. The van der Waals surface area contributed by atoms with Crippen LogP contribution in [-0.4, -0.2) is 32.6 Å². The Hall–Kier alpha value is -2.52. The van der Waals surface area contributed by atoms with E-state index in [1.54, 1.807) is 12.3 Å². The molecular formula is C22H22F3N5S. The highest BCUT2D eigenvalue weighted by Crippen LogP contribution is 2.39. The fourth-order valence-corrected chi connectivity index (χ4v) is 5.03. The van der Waals surface area contributed by atoms with Crippen LogP contribution in [0.3, 0.4) is 0 Å². The topological polar surface area (TPSA) is 55.6 Å². The summed E-state index contributed by atoms with van der Waals surface area (Å²) in [4.78, 5) is 12.8. The van der Waals surface area contributed by atoms with Crippen LogP contribution in [0.1, 0.15) is 30.5 Å². The quantitative estimate of drug-likeness (QED) is 0.455. The molecule has 0 bridgehead atoms. The van der Waals surface area contributed by atoms with Crippen molar-refractivity contribution >= 4 is 33.3 Å². The molecule has 0 amide bonds. The molecule has 162 valence electrons. The first-order chi connectivity index (χ1) is 14.9. The molecule has 4 aromatic rings. The largest absolute Gasteiger partial charge is 0.435 e. The van der Waals surface area contributed by atoms with Gasteiger partial charge in [0.2, 0.25) is 0 Å². The van der Waals surface area contributed by atoms with Crippen molar-refractivity contribution in [3.63, 3.8) is 0 Å². The minimum absolute atomic E-state index is 0.0978. The van der Waals surface area contributed by atoms with E-state index in [0.29, 0.717) is 39.7 Å². The molecule has 0 radical (unpaired) electrons. The van der Waals surface area contributed by atoms with Gasteiger partial charge in [-0.1, -0.05) is 12.1 Å². The predicted octanol–water partition coefficient (Wildman–Crippen LogP) is 5.42. The van der Waals surface area contributed by atoms with Crippen molar-refractivity contribution in [2.45, 2.75) is 38.9 Å². The number of hydrogen-bond donors (Lipinski definition) is 1. The third kappa shape index (κ3) is 3.80. The number of aromatic nitrogens is 4. The number of nitrogens with one attached hydrogen (secondary N) is 1. The molecule has 0 unspecified atom stereocenters. The summed E-state index contributed by atoms with van der Waals surface area (Å²) in [5, 5.41) is 6.49. The van der Waals surface area contributed by atoms with E-state index in [4.69, 9.17) is 0 Å². The molecule has 1 aliphatic rings. The highest BCUT2D eigenvalue weighted by molar-refractivity contribution is 7.13. The molecule has 0 atom stereocenters. The Morgan fingerprint density at radius 2 is 2.00 bits per heavy atom. The lowest BCUT2D eigenvalue weighted by Gasteiger charge is -2.23. The molecule has 4 heterocycles. The molecule has 9 heteroatoms. The molecular weight excluding hydrogens is 423 g/mol. The van der Waals surface area contributed by atoms with Crippen LogP contribution < -0.4 is 5.32 Å². The Kier molecular flexibility index (Phi) is 5.18. The van der Waals surface area contributed by atoms with Crippen LogP contribution in [0.15, 0.2) is 29.8 Å². The summed E-state index contributed by atoms with van der Waals surface area (Å²) >= 11 is 1.38. The second-order valence-electron chi connectivity index (χ2n) is 8.08. The molecule has 3 aromatic heterocycles. The van der Waals surface area contributed by atoms with E-state index < -0.39 is 11.9 Å². The van der Waals surface area contributed by atoms with Crippen molar-refractivity contribution in [3.05, 3.63) is 41.0 Å². The van der Waals surface area contributed by atoms with Gasteiger partial charge < -0.3 is 9.88 Å².